The molecular formula is C21H24N4O3S2. The van der Waals surface area contributed by atoms with Gasteiger partial charge in [-0.05, 0) is 12.1 Å². The molecule has 1 aromatic carbocycles. The second-order valence-corrected chi connectivity index (χ2v) is 9.11. The first-order chi connectivity index (χ1) is 14.4. The third-order valence-electron chi connectivity index (χ3n) is 5.68. The van der Waals surface area contributed by atoms with E-state index in [0.717, 1.165) is 42.8 Å². The van der Waals surface area contributed by atoms with Crippen molar-refractivity contribution < 1.29 is 9.90 Å². The van der Waals surface area contributed by atoms with Crippen LogP contribution in [0, 0.1) is 0 Å². The van der Waals surface area contributed by atoms with Gasteiger partial charge in [0.1, 0.15) is 4.32 Å². The van der Waals surface area contributed by atoms with Gasteiger partial charge in [-0.2, -0.15) is 0 Å². The monoisotopic (exact) mass is 444 g/mol. The molecule has 2 aliphatic rings. The number of likely N-dealkylation sites (N-methyl/N-ethyl adjacent to an activating group) is 1. The number of rotatable bonds is 4. The van der Waals surface area contributed by atoms with Gasteiger partial charge in [-0.3, -0.25) is 19.4 Å². The average Bonchev–Trinajstić information content (AvgIpc) is 2.99. The number of β-amino-alcohol motifs (C(OH)–C–C–N with tert-alkyl or cyclic N) is 1. The third kappa shape index (κ3) is 3.66. The number of benzene rings is 1. The molecule has 0 aliphatic carbocycles. The Morgan fingerprint density at radius 1 is 1.13 bits per heavy atom. The van der Waals surface area contributed by atoms with Crippen molar-refractivity contribution in [3.8, 4) is 0 Å². The van der Waals surface area contributed by atoms with Crippen molar-refractivity contribution in [3.05, 3.63) is 45.1 Å². The number of pyridine rings is 1. The number of piperazine rings is 1. The fraction of sp³-hybridized carbons (Fsp3) is 0.381. The van der Waals surface area contributed by atoms with Crippen LogP contribution in [0.2, 0.25) is 0 Å². The number of fused-ring (bicyclic) bond motifs is 1. The van der Waals surface area contributed by atoms with Gasteiger partial charge in [-0.15, -0.1) is 0 Å². The molecule has 0 saturated carbocycles. The van der Waals surface area contributed by atoms with Gasteiger partial charge in [0.25, 0.3) is 11.5 Å². The van der Waals surface area contributed by atoms with E-state index < -0.39 is 0 Å². The molecule has 7 nitrogen and oxygen atoms in total. The van der Waals surface area contributed by atoms with Gasteiger partial charge < -0.3 is 14.6 Å². The molecule has 0 radical (unpaired) electrons. The van der Waals surface area contributed by atoms with Crippen LogP contribution < -0.4 is 10.5 Å². The van der Waals surface area contributed by atoms with E-state index in [9.17, 15) is 14.7 Å². The lowest BCUT2D eigenvalue weighted by Gasteiger charge is -2.37. The molecule has 2 aromatic rings. The summed E-state index contributed by atoms with van der Waals surface area (Å²) >= 11 is 6.48. The number of thioether (sulfide) groups is 1. The highest BCUT2D eigenvalue weighted by Gasteiger charge is 2.30. The number of thiocarbonyl (C=S) groups is 1. The summed E-state index contributed by atoms with van der Waals surface area (Å²) in [5.41, 5.74) is 2.10. The number of aryl methyl sites for hydroxylation is 1. The zero-order valence-corrected chi connectivity index (χ0v) is 18.6. The number of carbonyl (C=O) groups is 1. The highest BCUT2D eigenvalue weighted by atomic mass is 32.2. The average molecular weight is 445 g/mol. The van der Waals surface area contributed by atoms with Gasteiger partial charge in [0.05, 0.1) is 28.3 Å². The van der Waals surface area contributed by atoms with Crippen LogP contribution in [0.1, 0.15) is 5.56 Å². The van der Waals surface area contributed by atoms with E-state index in [2.05, 4.69) is 9.80 Å². The van der Waals surface area contributed by atoms with Crippen LogP contribution in [0.4, 0.5) is 5.69 Å². The van der Waals surface area contributed by atoms with Gasteiger partial charge in [0.2, 0.25) is 0 Å². The summed E-state index contributed by atoms with van der Waals surface area (Å²) in [4.78, 5) is 32.3. The predicted octanol–water partition coefficient (Wildman–Crippen LogP) is 1.48. The molecule has 30 heavy (non-hydrogen) atoms. The minimum atomic E-state index is -0.182. The number of carbonyl (C=O) groups excluding carboxylic acids is 1. The predicted molar refractivity (Wildman–Crippen MR) is 126 cm³/mol. The zero-order valence-electron chi connectivity index (χ0n) is 17.0. The van der Waals surface area contributed by atoms with Crippen molar-refractivity contribution in [3.63, 3.8) is 0 Å². The quantitative estimate of drug-likeness (QED) is 0.566. The summed E-state index contributed by atoms with van der Waals surface area (Å²) in [6.45, 7) is 3.89. The largest absolute Gasteiger partial charge is 0.395 e. The van der Waals surface area contributed by atoms with Crippen LogP contribution in [-0.4, -0.2) is 76.1 Å². The van der Waals surface area contributed by atoms with Crippen LogP contribution in [0.5, 0.6) is 0 Å². The Kier molecular flexibility index (Phi) is 5.97. The number of aliphatic hydroxyl groups is 1. The molecular weight excluding hydrogens is 420 g/mol. The SMILES string of the molecule is CN1C(=O)C(=Cc2c(N3CCN(CCO)CC3)c3ccccc3n(C)c2=O)SC1=S. The van der Waals surface area contributed by atoms with Crippen LogP contribution >= 0.6 is 24.0 Å². The second kappa shape index (κ2) is 8.50. The van der Waals surface area contributed by atoms with Crippen molar-refractivity contribution in [1.82, 2.24) is 14.4 Å². The molecule has 3 heterocycles. The molecule has 0 atom stereocenters. The third-order valence-corrected chi connectivity index (χ3v) is 7.16. The summed E-state index contributed by atoms with van der Waals surface area (Å²) in [6, 6.07) is 7.85. The summed E-state index contributed by atoms with van der Waals surface area (Å²) in [6.07, 6.45) is 1.70. The van der Waals surface area contributed by atoms with Crippen LogP contribution in [-0.2, 0) is 11.8 Å². The number of para-hydroxylation sites is 1. The van der Waals surface area contributed by atoms with E-state index in [1.807, 2.05) is 24.3 Å². The Balaban J connectivity index is 1.87. The standard InChI is InChI=1S/C21H24N4O3S2/c1-22-16-6-4-3-5-14(16)18(25-9-7-24(8-10-25)11-12-26)15(19(22)27)13-17-20(28)23(2)21(29)30-17/h3-6,13,26H,7-12H2,1-2H3. The highest BCUT2D eigenvalue weighted by Crippen LogP contribution is 2.35. The molecule has 158 valence electrons. The zero-order chi connectivity index (χ0) is 21.4. The van der Waals surface area contributed by atoms with E-state index in [1.165, 1.54) is 16.7 Å². The molecule has 0 unspecified atom stereocenters. The maximum absolute atomic E-state index is 13.4. The van der Waals surface area contributed by atoms with Gasteiger partial charge in [0.15, 0.2) is 0 Å². The number of aliphatic hydroxyl groups excluding tert-OH is 1. The lowest BCUT2D eigenvalue weighted by atomic mass is 10.1. The lowest BCUT2D eigenvalue weighted by Crippen LogP contribution is -2.48. The molecule has 2 aliphatic heterocycles. The first-order valence-electron chi connectivity index (χ1n) is 9.84. The maximum Gasteiger partial charge on any atom is 0.265 e. The minimum absolute atomic E-state index is 0.136. The molecule has 2 saturated heterocycles. The van der Waals surface area contributed by atoms with Crippen LogP contribution in [0.15, 0.2) is 34.0 Å². The van der Waals surface area contributed by atoms with E-state index >= 15 is 0 Å². The summed E-state index contributed by atoms with van der Waals surface area (Å²) in [7, 11) is 3.41. The van der Waals surface area contributed by atoms with Gasteiger partial charge in [-0.25, -0.2) is 0 Å². The first kappa shape index (κ1) is 21.0. The molecule has 9 heteroatoms. The number of aromatic nitrogens is 1. The second-order valence-electron chi connectivity index (χ2n) is 7.44. The van der Waals surface area contributed by atoms with Gasteiger partial charge in [0, 0.05) is 52.2 Å². The number of amides is 1. The molecule has 0 spiro atoms. The number of hydrogen-bond acceptors (Lipinski definition) is 7. The number of anilines is 1. The van der Waals surface area contributed by atoms with Gasteiger partial charge >= 0.3 is 0 Å². The fourth-order valence-corrected chi connectivity index (χ4v) is 5.15. The molecule has 0 bridgehead atoms. The van der Waals surface area contributed by atoms with Crippen molar-refractivity contribution in [1.29, 1.82) is 0 Å². The smallest absolute Gasteiger partial charge is 0.265 e. The van der Waals surface area contributed by atoms with Crippen LogP contribution in [0.3, 0.4) is 0 Å². The Morgan fingerprint density at radius 3 is 2.47 bits per heavy atom. The Morgan fingerprint density at radius 2 is 1.83 bits per heavy atom. The molecule has 1 amide bonds. The summed E-state index contributed by atoms with van der Waals surface area (Å²) in [5, 5.41) is 10.2. The van der Waals surface area contributed by atoms with Crippen molar-refractivity contribution in [2.24, 2.45) is 7.05 Å². The fourth-order valence-electron chi connectivity index (χ4n) is 3.99. The van der Waals surface area contributed by atoms with Crippen LogP contribution in [0.25, 0.3) is 17.0 Å². The topological polar surface area (TPSA) is 69.0 Å². The highest BCUT2D eigenvalue weighted by molar-refractivity contribution is 8.26. The van der Waals surface area contributed by atoms with Crippen molar-refractivity contribution in [2.75, 3.05) is 51.3 Å². The lowest BCUT2D eigenvalue weighted by molar-refractivity contribution is -0.121. The van der Waals surface area contributed by atoms with E-state index in [-0.39, 0.29) is 18.1 Å². The molecule has 2 fully saturated rings. The maximum atomic E-state index is 13.4. The summed E-state index contributed by atoms with van der Waals surface area (Å²) in [5.74, 6) is -0.182. The number of nitrogens with zero attached hydrogens (tertiary/aromatic N) is 4. The van der Waals surface area contributed by atoms with Crippen molar-refractivity contribution >= 4 is 56.9 Å². The van der Waals surface area contributed by atoms with E-state index in [4.69, 9.17) is 12.2 Å². The molecule has 1 aromatic heterocycles. The van der Waals surface area contributed by atoms with E-state index in [0.29, 0.717) is 21.3 Å². The Labute approximate surface area is 184 Å². The normalized spacial score (nSPS) is 19.5. The first-order valence-corrected chi connectivity index (χ1v) is 11.1. The summed E-state index contributed by atoms with van der Waals surface area (Å²) < 4.78 is 2.13. The van der Waals surface area contributed by atoms with Gasteiger partial charge in [-0.1, -0.05) is 42.2 Å². The minimum Gasteiger partial charge on any atom is -0.395 e. The Bertz CT molecular complexity index is 1100. The number of hydrogen-bond donors (Lipinski definition) is 1. The van der Waals surface area contributed by atoms with Crippen molar-refractivity contribution in [2.45, 2.75) is 0 Å². The molecule has 1 N–H and O–H groups in total. The molecule has 4 rings (SSSR count). The van der Waals surface area contributed by atoms with E-state index in [1.54, 1.807) is 24.7 Å². The Hall–Kier alpha value is -2.20.